The molecule has 134 valence electrons. The molecule has 0 bridgehead atoms. The van der Waals surface area contributed by atoms with Crippen molar-refractivity contribution in [3.63, 3.8) is 0 Å². The first-order valence-corrected chi connectivity index (χ1v) is 8.43. The number of para-hydroxylation sites is 1. The fourth-order valence-corrected chi connectivity index (χ4v) is 2.85. The Kier molecular flexibility index (Phi) is 4.25. The number of aryl methyl sites for hydroxylation is 1. The van der Waals surface area contributed by atoms with E-state index in [1.807, 2.05) is 50.2 Å². The second-order valence-corrected chi connectivity index (χ2v) is 6.07. The zero-order valence-corrected chi connectivity index (χ0v) is 14.9. The lowest BCUT2D eigenvalue weighted by Gasteiger charge is -2.05. The summed E-state index contributed by atoms with van der Waals surface area (Å²) in [5, 5.41) is 11.3. The van der Waals surface area contributed by atoms with Gasteiger partial charge in [0.15, 0.2) is 11.5 Å². The van der Waals surface area contributed by atoms with Crippen LogP contribution in [0.2, 0.25) is 0 Å². The molecule has 0 saturated heterocycles. The van der Waals surface area contributed by atoms with Crippen LogP contribution in [0.5, 0.6) is 0 Å². The molecule has 7 heteroatoms. The Balaban J connectivity index is 1.59. The summed E-state index contributed by atoms with van der Waals surface area (Å²) in [6, 6.07) is 15.0. The third-order valence-electron chi connectivity index (χ3n) is 4.22. The van der Waals surface area contributed by atoms with Crippen LogP contribution >= 0.6 is 0 Å². The average Bonchev–Trinajstić information content (AvgIpc) is 3.30. The van der Waals surface area contributed by atoms with Crippen LogP contribution < -0.4 is 5.32 Å². The second-order valence-electron chi connectivity index (χ2n) is 6.07. The predicted molar refractivity (Wildman–Crippen MR) is 101 cm³/mol. The third-order valence-corrected chi connectivity index (χ3v) is 4.22. The van der Waals surface area contributed by atoms with Crippen molar-refractivity contribution >= 4 is 11.6 Å². The quantitative estimate of drug-likeness (QED) is 0.599. The molecule has 0 radical (unpaired) electrons. The summed E-state index contributed by atoms with van der Waals surface area (Å²) >= 11 is 0. The van der Waals surface area contributed by atoms with Crippen molar-refractivity contribution in [2.45, 2.75) is 13.8 Å². The van der Waals surface area contributed by atoms with Gasteiger partial charge in [0.1, 0.15) is 0 Å². The van der Waals surface area contributed by atoms with E-state index in [1.54, 1.807) is 29.2 Å². The second kappa shape index (κ2) is 6.87. The van der Waals surface area contributed by atoms with E-state index in [1.165, 1.54) is 0 Å². The van der Waals surface area contributed by atoms with Crippen molar-refractivity contribution in [1.82, 2.24) is 19.9 Å². The molecule has 1 aromatic carbocycles. The molecule has 4 rings (SSSR count). The number of pyridine rings is 1. The van der Waals surface area contributed by atoms with Crippen molar-refractivity contribution in [1.29, 1.82) is 0 Å². The highest BCUT2D eigenvalue weighted by atomic mass is 16.5. The first-order chi connectivity index (χ1) is 13.1. The largest absolute Gasteiger partial charge is 0.355 e. The third kappa shape index (κ3) is 3.22. The minimum atomic E-state index is -0.354. The van der Waals surface area contributed by atoms with Gasteiger partial charge in [-0.3, -0.25) is 9.78 Å². The fourth-order valence-electron chi connectivity index (χ4n) is 2.85. The zero-order valence-electron chi connectivity index (χ0n) is 14.9. The van der Waals surface area contributed by atoms with E-state index in [4.69, 9.17) is 4.52 Å². The van der Waals surface area contributed by atoms with Crippen LogP contribution in [0, 0.1) is 13.8 Å². The molecule has 0 aliphatic carbocycles. The molecule has 0 aliphatic heterocycles. The van der Waals surface area contributed by atoms with Crippen LogP contribution in [0.1, 0.15) is 21.9 Å². The molecule has 1 amide bonds. The number of carbonyl (C=O) groups excluding carboxylic acids is 1. The van der Waals surface area contributed by atoms with Crippen molar-refractivity contribution in [2.24, 2.45) is 0 Å². The molecular weight excluding hydrogens is 342 g/mol. The van der Waals surface area contributed by atoms with Gasteiger partial charge in [-0.15, -0.1) is 0 Å². The average molecular weight is 359 g/mol. The van der Waals surface area contributed by atoms with Gasteiger partial charge in [0.25, 0.3) is 5.91 Å². The van der Waals surface area contributed by atoms with Crippen molar-refractivity contribution in [3.8, 4) is 17.0 Å². The molecule has 0 spiro atoms. The molecule has 4 aromatic rings. The van der Waals surface area contributed by atoms with Crippen LogP contribution in [0.15, 0.2) is 65.4 Å². The Labute approximate surface area is 155 Å². The Morgan fingerprint density at radius 2 is 1.93 bits per heavy atom. The SMILES string of the molecule is Cc1nn(-c2ccccc2)c(C)c1NC(=O)c1cc(-c2cccnc2)on1. The Morgan fingerprint density at radius 1 is 1.11 bits per heavy atom. The van der Waals surface area contributed by atoms with E-state index in [0.717, 1.165) is 22.6 Å². The lowest BCUT2D eigenvalue weighted by Crippen LogP contribution is -2.13. The molecule has 1 N–H and O–H groups in total. The standard InChI is InChI=1S/C20H17N5O2/c1-13-19(14(2)25(23-13)16-8-4-3-5-9-16)22-20(26)17-11-18(27-24-17)15-7-6-10-21-12-15/h3-12H,1-2H3,(H,22,26). The number of carbonyl (C=O) groups is 1. The monoisotopic (exact) mass is 359 g/mol. The maximum atomic E-state index is 12.6. The molecule has 0 aliphatic rings. The van der Waals surface area contributed by atoms with Crippen molar-refractivity contribution < 1.29 is 9.32 Å². The molecule has 3 heterocycles. The van der Waals surface area contributed by atoms with E-state index >= 15 is 0 Å². The first-order valence-electron chi connectivity index (χ1n) is 8.43. The van der Waals surface area contributed by atoms with Crippen LogP contribution in [0.3, 0.4) is 0 Å². The van der Waals surface area contributed by atoms with Crippen LogP contribution in [-0.2, 0) is 0 Å². The van der Waals surface area contributed by atoms with Crippen LogP contribution in [-0.4, -0.2) is 25.8 Å². The summed E-state index contributed by atoms with van der Waals surface area (Å²) in [4.78, 5) is 16.7. The number of rotatable bonds is 4. The normalized spacial score (nSPS) is 10.7. The van der Waals surface area contributed by atoms with Gasteiger partial charge in [-0.2, -0.15) is 5.10 Å². The number of amides is 1. The van der Waals surface area contributed by atoms with Crippen molar-refractivity contribution in [2.75, 3.05) is 5.32 Å². The van der Waals surface area contributed by atoms with Gasteiger partial charge in [-0.05, 0) is 38.1 Å². The number of aromatic nitrogens is 4. The molecule has 0 unspecified atom stereocenters. The summed E-state index contributed by atoms with van der Waals surface area (Å²) in [7, 11) is 0. The van der Waals surface area contributed by atoms with Gasteiger partial charge in [0.05, 0.1) is 22.8 Å². The van der Waals surface area contributed by atoms with Gasteiger partial charge in [0, 0.05) is 24.0 Å². The lowest BCUT2D eigenvalue weighted by molar-refractivity contribution is 0.101. The maximum absolute atomic E-state index is 12.6. The lowest BCUT2D eigenvalue weighted by atomic mass is 10.2. The van der Waals surface area contributed by atoms with E-state index in [9.17, 15) is 4.79 Å². The van der Waals surface area contributed by atoms with Crippen molar-refractivity contribution in [3.05, 3.63) is 78.0 Å². The summed E-state index contributed by atoms with van der Waals surface area (Å²) in [6.07, 6.45) is 3.32. The van der Waals surface area contributed by atoms with E-state index in [-0.39, 0.29) is 11.6 Å². The van der Waals surface area contributed by atoms with Gasteiger partial charge in [-0.25, -0.2) is 4.68 Å². The number of benzene rings is 1. The predicted octanol–water partition coefficient (Wildman–Crippen LogP) is 3.79. The molecule has 27 heavy (non-hydrogen) atoms. The minimum absolute atomic E-state index is 0.195. The summed E-state index contributed by atoms with van der Waals surface area (Å²) in [5.74, 6) is 0.134. The summed E-state index contributed by atoms with van der Waals surface area (Å²) in [5.41, 5.74) is 4.10. The molecule has 3 aromatic heterocycles. The zero-order chi connectivity index (χ0) is 18.8. The number of hydrogen-bond donors (Lipinski definition) is 1. The molecule has 7 nitrogen and oxygen atoms in total. The highest BCUT2D eigenvalue weighted by molar-refractivity contribution is 6.04. The fraction of sp³-hybridized carbons (Fsp3) is 0.100. The summed E-state index contributed by atoms with van der Waals surface area (Å²) in [6.45, 7) is 3.76. The molecule has 0 saturated carbocycles. The van der Waals surface area contributed by atoms with Crippen LogP contribution in [0.25, 0.3) is 17.0 Å². The highest BCUT2D eigenvalue weighted by Gasteiger charge is 2.19. The Bertz CT molecular complexity index is 1080. The Hall–Kier alpha value is -3.74. The van der Waals surface area contributed by atoms with Gasteiger partial charge in [-0.1, -0.05) is 23.4 Å². The van der Waals surface area contributed by atoms with Gasteiger partial charge in [0.2, 0.25) is 0 Å². The van der Waals surface area contributed by atoms with Gasteiger partial charge < -0.3 is 9.84 Å². The van der Waals surface area contributed by atoms with E-state index < -0.39 is 0 Å². The summed E-state index contributed by atoms with van der Waals surface area (Å²) < 4.78 is 7.07. The topological polar surface area (TPSA) is 85.8 Å². The van der Waals surface area contributed by atoms with Gasteiger partial charge >= 0.3 is 0 Å². The number of nitrogens with zero attached hydrogens (tertiary/aromatic N) is 4. The molecular formula is C20H17N5O2. The van der Waals surface area contributed by atoms with Crippen LogP contribution in [0.4, 0.5) is 5.69 Å². The molecule has 0 fully saturated rings. The Morgan fingerprint density at radius 3 is 2.67 bits per heavy atom. The smallest absolute Gasteiger partial charge is 0.277 e. The number of anilines is 1. The minimum Gasteiger partial charge on any atom is -0.355 e. The first kappa shape index (κ1) is 16.7. The number of hydrogen-bond acceptors (Lipinski definition) is 5. The van der Waals surface area contributed by atoms with E-state index in [2.05, 4.69) is 20.6 Å². The highest BCUT2D eigenvalue weighted by Crippen LogP contribution is 2.24. The maximum Gasteiger partial charge on any atom is 0.277 e. The number of nitrogens with one attached hydrogen (secondary N) is 1. The molecule has 0 atom stereocenters. The van der Waals surface area contributed by atoms with E-state index in [0.29, 0.717) is 11.4 Å².